The summed E-state index contributed by atoms with van der Waals surface area (Å²) in [6, 6.07) is 5.19. The van der Waals surface area contributed by atoms with Crippen molar-refractivity contribution in [3.63, 3.8) is 0 Å². The van der Waals surface area contributed by atoms with Crippen molar-refractivity contribution in [1.29, 1.82) is 0 Å². The summed E-state index contributed by atoms with van der Waals surface area (Å²) in [4.78, 5) is 71.8. The summed E-state index contributed by atoms with van der Waals surface area (Å²) in [5.41, 5.74) is -0.512. The van der Waals surface area contributed by atoms with Gasteiger partial charge in [0.2, 0.25) is 27.7 Å². The second-order valence-electron chi connectivity index (χ2n) is 16.3. The minimum absolute atomic E-state index is 0.00798. The molecular formula is C40H48N6O7S2. The highest BCUT2D eigenvalue weighted by molar-refractivity contribution is 7.91. The molecule has 3 fully saturated rings. The molecule has 13 nitrogen and oxygen atoms in total. The van der Waals surface area contributed by atoms with Crippen molar-refractivity contribution in [2.75, 3.05) is 6.54 Å². The summed E-state index contributed by atoms with van der Waals surface area (Å²) < 4.78 is 30.1. The summed E-state index contributed by atoms with van der Waals surface area (Å²) in [5, 5.41) is 12.9. The van der Waals surface area contributed by atoms with Crippen LogP contribution in [0.1, 0.15) is 83.7 Å². The third-order valence-corrected chi connectivity index (χ3v) is 13.9. The fourth-order valence-corrected chi connectivity index (χ4v) is 9.96. The molecule has 1 aromatic carbocycles. The Morgan fingerprint density at radius 3 is 2.56 bits per heavy atom. The van der Waals surface area contributed by atoms with Gasteiger partial charge in [-0.1, -0.05) is 51.1 Å². The number of nitrogens with one attached hydrogen (secondary N) is 3. The average molecular weight is 789 g/mol. The molecule has 2 unspecified atom stereocenters. The standard InChI is InChI=1S/C40H48N6O7S2/c1-5-26-21-40(26,38(51)44-55(52,53)28-15-16-28)43-35(48)31-20-27-23-45(31)37(50)34(39(2,3)4)42-33(47)12-10-8-6-7-9-11-29-30(22-41-46(27)36(29)49)25-14-13-24-17-18-54-32(24)19-25/h5-7,13-14,17-19,22,26-28,31,34H,1,8-12,15-16,20-21,23H2,2-4H3,(H,42,47)(H,43,48)(H,44,51)/b7-6+/t26-,27?,31+,34-,40?/m1/s1. The summed E-state index contributed by atoms with van der Waals surface area (Å²) in [7, 11) is -3.91. The Hall–Kier alpha value is -4.63. The minimum atomic E-state index is -3.91. The summed E-state index contributed by atoms with van der Waals surface area (Å²) in [6.45, 7) is 9.20. The normalized spacial score (nSPS) is 26.9. The topological polar surface area (TPSA) is 177 Å². The molecule has 4 aliphatic rings. The molecule has 2 aliphatic heterocycles. The number of carbonyl (C=O) groups is 4. The van der Waals surface area contributed by atoms with Crippen molar-refractivity contribution in [1.82, 2.24) is 30.0 Å². The van der Waals surface area contributed by atoms with E-state index >= 15 is 0 Å². The molecule has 4 heterocycles. The number of aromatic nitrogens is 2. The lowest BCUT2D eigenvalue weighted by Gasteiger charge is -2.35. The number of thiophene rings is 1. The Kier molecular flexibility index (Phi) is 10.4. The summed E-state index contributed by atoms with van der Waals surface area (Å²) >= 11 is 1.61. The molecule has 292 valence electrons. The van der Waals surface area contributed by atoms with E-state index in [9.17, 15) is 32.4 Å². The lowest BCUT2D eigenvalue weighted by Crippen LogP contribution is -2.60. The number of sulfonamides is 1. The zero-order valence-electron chi connectivity index (χ0n) is 31.4. The molecule has 2 aromatic heterocycles. The molecule has 7 rings (SSSR count). The lowest BCUT2D eigenvalue weighted by molar-refractivity contribution is -0.144. The van der Waals surface area contributed by atoms with Gasteiger partial charge in [0.05, 0.1) is 17.5 Å². The van der Waals surface area contributed by atoms with E-state index in [1.54, 1.807) is 17.5 Å². The third kappa shape index (κ3) is 7.77. The Morgan fingerprint density at radius 2 is 1.85 bits per heavy atom. The van der Waals surface area contributed by atoms with Crippen LogP contribution in [-0.2, 0) is 35.6 Å². The highest BCUT2D eigenvalue weighted by atomic mass is 32.2. The monoisotopic (exact) mass is 788 g/mol. The van der Waals surface area contributed by atoms with Crippen LogP contribution in [0.15, 0.2) is 65.4 Å². The molecule has 0 spiro atoms. The van der Waals surface area contributed by atoms with Crippen molar-refractivity contribution in [3.05, 3.63) is 76.6 Å². The van der Waals surface area contributed by atoms with E-state index < -0.39 is 68.0 Å². The second kappa shape index (κ2) is 14.8. The first-order valence-electron chi connectivity index (χ1n) is 19.0. The van der Waals surface area contributed by atoms with E-state index in [0.717, 1.165) is 15.6 Å². The Morgan fingerprint density at radius 1 is 1.09 bits per heavy atom. The zero-order chi connectivity index (χ0) is 39.3. The van der Waals surface area contributed by atoms with Crippen LogP contribution in [0.4, 0.5) is 0 Å². The van der Waals surface area contributed by atoms with Crippen LogP contribution in [-0.4, -0.2) is 76.1 Å². The van der Waals surface area contributed by atoms with Gasteiger partial charge in [0.25, 0.3) is 11.5 Å². The molecule has 2 saturated carbocycles. The van der Waals surface area contributed by atoms with Crippen LogP contribution >= 0.6 is 11.3 Å². The van der Waals surface area contributed by atoms with E-state index in [2.05, 4.69) is 33.1 Å². The predicted octanol–water partition coefficient (Wildman–Crippen LogP) is 4.14. The SMILES string of the molecule is C=C[C@@H]1CC1(NC(=O)[C@@H]1CC2CN1C(=O)[C@H](C(C)(C)C)NC(=O)CCC/C=C/CCc1c(-c3ccc4ccsc4c3)cnn2c1=O)C(=O)NS(=O)(=O)C1CC1. The maximum Gasteiger partial charge on any atom is 0.270 e. The summed E-state index contributed by atoms with van der Waals surface area (Å²) in [5.74, 6) is -2.85. The van der Waals surface area contributed by atoms with Gasteiger partial charge in [0, 0.05) is 41.1 Å². The van der Waals surface area contributed by atoms with Gasteiger partial charge >= 0.3 is 0 Å². The van der Waals surface area contributed by atoms with Crippen molar-refractivity contribution in [2.45, 2.75) is 107 Å². The lowest BCUT2D eigenvalue weighted by atomic mass is 9.85. The molecule has 4 bridgehead atoms. The van der Waals surface area contributed by atoms with E-state index in [1.807, 2.05) is 56.5 Å². The van der Waals surface area contributed by atoms with Crippen LogP contribution < -0.4 is 20.9 Å². The fourth-order valence-electron chi connectivity index (χ4n) is 7.77. The van der Waals surface area contributed by atoms with Crippen LogP contribution in [0.3, 0.4) is 0 Å². The largest absolute Gasteiger partial charge is 0.344 e. The van der Waals surface area contributed by atoms with Gasteiger partial charge < -0.3 is 15.5 Å². The van der Waals surface area contributed by atoms with Gasteiger partial charge in [-0.25, -0.2) is 13.1 Å². The van der Waals surface area contributed by atoms with Crippen molar-refractivity contribution in [3.8, 4) is 11.1 Å². The van der Waals surface area contributed by atoms with Gasteiger partial charge in [-0.05, 0) is 78.8 Å². The molecule has 15 heteroatoms. The third-order valence-electron chi connectivity index (χ3n) is 11.2. The first kappa shape index (κ1) is 38.6. The van der Waals surface area contributed by atoms with E-state index in [-0.39, 0.29) is 37.3 Å². The molecule has 5 atom stereocenters. The van der Waals surface area contributed by atoms with E-state index in [1.165, 1.54) is 15.7 Å². The number of nitrogens with zero attached hydrogens (tertiary/aromatic N) is 3. The van der Waals surface area contributed by atoms with Gasteiger partial charge in [0.15, 0.2) is 0 Å². The predicted molar refractivity (Wildman–Crippen MR) is 210 cm³/mol. The van der Waals surface area contributed by atoms with E-state index in [4.69, 9.17) is 0 Å². The van der Waals surface area contributed by atoms with Crippen LogP contribution in [0, 0.1) is 11.3 Å². The van der Waals surface area contributed by atoms with Crippen LogP contribution in [0.25, 0.3) is 21.2 Å². The van der Waals surface area contributed by atoms with Gasteiger partial charge in [-0.2, -0.15) is 5.10 Å². The summed E-state index contributed by atoms with van der Waals surface area (Å²) in [6.07, 6.45) is 10.6. The first-order valence-corrected chi connectivity index (χ1v) is 21.4. The molecule has 2 aliphatic carbocycles. The zero-order valence-corrected chi connectivity index (χ0v) is 33.0. The van der Waals surface area contributed by atoms with Crippen molar-refractivity contribution < 1.29 is 27.6 Å². The molecule has 1 saturated heterocycles. The number of fused-ring (bicyclic) bond motifs is 6. The molecule has 3 aromatic rings. The smallest absolute Gasteiger partial charge is 0.270 e. The Bertz CT molecular complexity index is 2250. The quantitative estimate of drug-likeness (QED) is 0.300. The van der Waals surface area contributed by atoms with Gasteiger partial charge in [-0.15, -0.1) is 17.9 Å². The molecular weight excluding hydrogens is 741 g/mol. The highest BCUT2D eigenvalue weighted by Gasteiger charge is 2.62. The average Bonchev–Trinajstić information content (AvgIpc) is 4.02. The number of allylic oxidation sites excluding steroid dienone is 2. The maximum absolute atomic E-state index is 14.6. The highest BCUT2D eigenvalue weighted by Crippen LogP contribution is 2.46. The van der Waals surface area contributed by atoms with Crippen LogP contribution in [0.2, 0.25) is 0 Å². The number of hydrogen-bond acceptors (Lipinski definition) is 9. The molecule has 55 heavy (non-hydrogen) atoms. The number of rotatable bonds is 7. The Labute approximate surface area is 324 Å². The fraction of sp³-hybridized carbons (Fsp3) is 0.500. The van der Waals surface area contributed by atoms with Crippen LogP contribution in [0.5, 0.6) is 0 Å². The number of benzene rings is 1. The molecule has 3 N–H and O–H groups in total. The van der Waals surface area contributed by atoms with Gasteiger partial charge in [0.1, 0.15) is 17.6 Å². The molecule has 4 amide bonds. The molecule has 0 radical (unpaired) electrons. The number of hydrogen-bond donors (Lipinski definition) is 3. The Balaban J connectivity index is 1.27. The second-order valence-corrected chi connectivity index (χ2v) is 19.2. The first-order chi connectivity index (χ1) is 26.1. The van der Waals surface area contributed by atoms with Crippen molar-refractivity contribution >= 4 is 55.1 Å². The van der Waals surface area contributed by atoms with Gasteiger partial charge in [-0.3, -0.25) is 28.7 Å². The number of amides is 4. The van der Waals surface area contributed by atoms with E-state index in [0.29, 0.717) is 49.7 Å². The minimum Gasteiger partial charge on any atom is -0.344 e. The number of carbonyl (C=O) groups excluding carboxylic acids is 4. The van der Waals surface area contributed by atoms with Crippen molar-refractivity contribution in [2.24, 2.45) is 11.3 Å². The maximum atomic E-state index is 14.6.